The molecule has 0 atom stereocenters. The quantitative estimate of drug-likeness (QED) is 0.901. The molecule has 4 heteroatoms. The van der Waals surface area contributed by atoms with Crippen molar-refractivity contribution in [3.8, 4) is 0 Å². The number of aromatic nitrogens is 1. The average molecular weight is 272 g/mol. The van der Waals surface area contributed by atoms with E-state index in [4.69, 9.17) is 0 Å². The molecule has 20 heavy (non-hydrogen) atoms. The van der Waals surface area contributed by atoms with Gasteiger partial charge in [-0.2, -0.15) is 0 Å². The Morgan fingerprint density at radius 3 is 2.70 bits per heavy atom. The maximum absolute atomic E-state index is 12.1. The number of fused-ring (bicyclic) bond motifs is 1. The summed E-state index contributed by atoms with van der Waals surface area (Å²) in [6.45, 7) is 0.108. The Kier molecular flexibility index (Phi) is 3.26. The molecule has 0 amide bonds. The smallest absolute Gasteiger partial charge is 0.252 e. The van der Waals surface area contributed by atoms with Gasteiger partial charge < -0.3 is 15.0 Å². The van der Waals surface area contributed by atoms with E-state index in [0.717, 1.165) is 42.3 Å². The lowest BCUT2D eigenvalue weighted by molar-refractivity contribution is 0.214. The van der Waals surface area contributed by atoms with Crippen LogP contribution in [0.15, 0.2) is 35.1 Å². The summed E-state index contributed by atoms with van der Waals surface area (Å²) in [7, 11) is 1.78. The van der Waals surface area contributed by atoms with Crippen molar-refractivity contribution < 1.29 is 5.11 Å². The van der Waals surface area contributed by atoms with Crippen LogP contribution in [-0.2, 0) is 7.05 Å². The van der Waals surface area contributed by atoms with Crippen molar-refractivity contribution in [2.24, 2.45) is 7.05 Å². The minimum absolute atomic E-state index is 0.0303. The van der Waals surface area contributed by atoms with Crippen molar-refractivity contribution in [2.45, 2.75) is 31.2 Å². The Morgan fingerprint density at radius 2 is 2.00 bits per heavy atom. The molecule has 0 unspecified atom stereocenters. The summed E-state index contributed by atoms with van der Waals surface area (Å²) >= 11 is 0. The van der Waals surface area contributed by atoms with Gasteiger partial charge >= 0.3 is 0 Å². The van der Waals surface area contributed by atoms with Gasteiger partial charge in [0.2, 0.25) is 0 Å². The summed E-state index contributed by atoms with van der Waals surface area (Å²) in [4.78, 5) is 12.1. The number of pyridine rings is 1. The maximum atomic E-state index is 12.1. The van der Waals surface area contributed by atoms with E-state index in [1.165, 1.54) is 0 Å². The minimum Gasteiger partial charge on any atom is -0.394 e. The molecule has 0 aliphatic heterocycles. The van der Waals surface area contributed by atoms with Gasteiger partial charge in [-0.15, -0.1) is 0 Å². The number of hydrogen-bond acceptors (Lipinski definition) is 3. The van der Waals surface area contributed by atoms with E-state index in [2.05, 4.69) is 5.32 Å². The van der Waals surface area contributed by atoms with E-state index in [0.29, 0.717) is 0 Å². The number of rotatable bonds is 3. The highest BCUT2D eigenvalue weighted by atomic mass is 16.3. The summed E-state index contributed by atoms with van der Waals surface area (Å²) in [5.74, 6) is 0. The molecule has 1 aromatic carbocycles. The molecule has 1 aliphatic rings. The van der Waals surface area contributed by atoms with Crippen LogP contribution in [-0.4, -0.2) is 21.8 Å². The van der Waals surface area contributed by atoms with Crippen molar-refractivity contribution in [1.82, 2.24) is 4.57 Å². The van der Waals surface area contributed by atoms with Gasteiger partial charge in [0.05, 0.1) is 17.7 Å². The maximum Gasteiger partial charge on any atom is 0.252 e. The van der Waals surface area contributed by atoms with Gasteiger partial charge in [-0.05, 0) is 18.9 Å². The molecule has 3 rings (SSSR count). The second kappa shape index (κ2) is 4.94. The fourth-order valence-corrected chi connectivity index (χ4v) is 3.17. The lowest BCUT2D eigenvalue weighted by Crippen LogP contribution is -2.39. The zero-order valence-electron chi connectivity index (χ0n) is 11.7. The van der Waals surface area contributed by atoms with Gasteiger partial charge in [-0.3, -0.25) is 4.79 Å². The number of hydrogen-bond donors (Lipinski definition) is 2. The van der Waals surface area contributed by atoms with Crippen LogP contribution in [0.25, 0.3) is 10.9 Å². The van der Waals surface area contributed by atoms with Crippen LogP contribution >= 0.6 is 0 Å². The second-order valence-electron chi connectivity index (χ2n) is 5.74. The first-order valence-electron chi connectivity index (χ1n) is 7.13. The van der Waals surface area contributed by atoms with E-state index in [9.17, 15) is 9.90 Å². The van der Waals surface area contributed by atoms with Gasteiger partial charge in [-0.25, -0.2) is 0 Å². The van der Waals surface area contributed by atoms with Gasteiger partial charge in [0.15, 0.2) is 0 Å². The van der Waals surface area contributed by atoms with Crippen molar-refractivity contribution in [2.75, 3.05) is 11.9 Å². The number of aliphatic hydroxyl groups is 1. The summed E-state index contributed by atoms with van der Waals surface area (Å²) < 4.78 is 1.65. The van der Waals surface area contributed by atoms with Crippen LogP contribution in [0.2, 0.25) is 0 Å². The molecule has 1 heterocycles. The number of nitrogens with zero attached hydrogens (tertiary/aromatic N) is 1. The highest BCUT2D eigenvalue weighted by Gasteiger charge is 2.33. The fraction of sp³-hybridized carbons (Fsp3) is 0.438. The van der Waals surface area contributed by atoms with Gasteiger partial charge in [-0.1, -0.05) is 31.0 Å². The van der Waals surface area contributed by atoms with E-state index < -0.39 is 0 Å². The van der Waals surface area contributed by atoms with Gasteiger partial charge in [0, 0.05) is 24.2 Å². The standard InChI is InChI=1S/C16H20N2O2/c1-18-14-7-3-2-6-12(14)13(10-15(18)20)17-16(11-19)8-4-5-9-16/h2-3,6-7,10,17,19H,4-5,8-9,11H2,1H3. The molecule has 0 spiro atoms. The van der Waals surface area contributed by atoms with Crippen LogP contribution < -0.4 is 10.9 Å². The highest BCUT2D eigenvalue weighted by Crippen LogP contribution is 2.34. The largest absolute Gasteiger partial charge is 0.394 e. The zero-order chi connectivity index (χ0) is 14.2. The first kappa shape index (κ1) is 13.2. The molecule has 0 saturated heterocycles. The molecule has 2 aromatic rings. The van der Waals surface area contributed by atoms with Crippen molar-refractivity contribution in [3.63, 3.8) is 0 Å². The molecular weight excluding hydrogens is 252 g/mol. The number of aryl methyl sites for hydroxylation is 1. The molecule has 4 nitrogen and oxygen atoms in total. The van der Waals surface area contributed by atoms with E-state index in [1.54, 1.807) is 17.7 Å². The Balaban J connectivity index is 2.12. The van der Waals surface area contributed by atoms with Crippen LogP contribution in [0.3, 0.4) is 0 Å². The summed E-state index contributed by atoms with van der Waals surface area (Å²) in [6.07, 6.45) is 4.15. The Hall–Kier alpha value is -1.81. The fourth-order valence-electron chi connectivity index (χ4n) is 3.17. The Bertz CT molecular complexity index is 684. The third-order valence-electron chi connectivity index (χ3n) is 4.42. The number of nitrogens with one attached hydrogen (secondary N) is 1. The predicted molar refractivity (Wildman–Crippen MR) is 81.1 cm³/mol. The molecule has 0 bridgehead atoms. The van der Waals surface area contributed by atoms with Gasteiger partial charge in [0.25, 0.3) is 5.56 Å². The van der Waals surface area contributed by atoms with E-state index >= 15 is 0 Å². The molecule has 106 valence electrons. The molecular formula is C16H20N2O2. The van der Waals surface area contributed by atoms with Crippen LogP contribution in [0.1, 0.15) is 25.7 Å². The summed E-state index contributed by atoms with van der Waals surface area (Å²) in [5.41, 5.74) is 1.44. The first-order chi connectivity index (χ1) is 9.65. The molecule has 1 fully saturated rings. The third-order valence-corrected chi connectivity index (χ3v) is 4.42. The second-order valence-corrected chi connectivity index (χ2v) is 5.74. The number of para-hydroxylation sites is 1. The van der Waals surface area contributed by atoms with E-state index in [-0.39, 0.29) is 17.7 Å². The summed E-state index contributed by atoms with van der Waals surface area (Å²) in [6, 6.07) is 9.50. The molecule has 0 radical (unpaired) electrons. The average Bonchev–Trinajstić information content (AvgIpc) is 2.94. The number of aliphatic hydroxyl groups excluding tert-OH is 1. The lowest BCUT2D eigenvalue weighted by atomic mass is 9.98. The first-order valence-corrected chi connectivity index (χ1v) is 7.13. The molecule has 2 N–H and O–H groups in total. The predicted octanol–water partition coefficient (Wildman–Crippen LogP) is 2.26. The van der Waals surface area contributed by atoms with Crippen LogP contribution in [0.5, 0.6) is 0 Å². The molecule has 1 aromatic heterocycles. The van der Waals surface area contributed by atoms with Crippen molar-refractivity contribution in [1.29, 1.82) is 0 Å². The topological polar surface area (TPSA) is 54.3 Å². The highest BCUT2D eigenvalue weighted by molar-refractivity contribution is 5.91. The van der Waals surface area contributed by atoms with Crippen LogP contribution in [0, 0.1) is 0 Å². The normalized spacial score (nSPS) is 17.5. The number of anilines is 1. The van der Waals surface area contributed by atoms with Crippen molar-refractivity contribution >= 4 is 16.6 Å². The molecule has 1 aliphatic carbocycles. The summed E-state index contributed by atoms with van der Waals surface area (Å²) in [5, 5.41) is 14.2. The van der Waals surface area contributed by atoms with Crippen LogP contribution in [0.4, 0.5) is 5.69 Å². The zero-order valence-corrected chi connectivity index (χ0v) is 11.7. The number of benzene rings is 1. The van der Waals surface area contributed by atoms with Gasteiger partial charge in [0.1, 0.15) is 0 Å². The molecule has 1 saturated carbocycles. The third kappa shape index (κ3) is 2.10. The monoisotopic (exact) mass is 272 g/mol. The SMILES string of the molecule is Cn1c(=O)cc(NC2(CO)CCCC2)c2ccccc21. The van der Waals surface area contributed by atoms with Crippen molar-refractivity contribution in [3.05, 3.63) is 40.7 Å². The Morgan fingerprint density at radius 1 is 1.30 bits per heavy atom. The lowest BCUT2D eigenvalue weighted by Gasteiger charge is -2.30. The minimum atomic E-state index is -0.269. The Labute approximate surface area is 118 Å². The van der Waals surface area contributed by atoms with E-state index in [1.807, 2.05) is 24.3 Å².